The second-order valence-electron chi connectivity index (χ2n) is 8.13. The van der Waals surface area contributed by atoms with Crippen LogP contribution in [-0.4, -0.2) is 40.3 Å². The van der Waals surface area contributed by atoms with Gasteiger partial charge in [-0.05, 0) is 49.9 Å². The van der Waals surface area contributed by atoms with E-state index in [1.165, 1.54) is 32.1 Å². The maximum absolute atomic E-state index is 9.32. The standard InChI is InChI=1S/C22H29N5O/c1-28-20-10-9-16(12-19(20)13-23)14-27-11-5-8-18(15-27)22-24-21(25-26-22)17-6-3-2-4-7-17/h9-10,12,17-18H,2-8,11,14-15H2,1H3,(H,24,25,26)/t18-/m1/s1. The van der Waals surface area contributed by atoms with Crippen molar-refractivity contribution < 1.29 is 4.74 Å². The second kappa shape index (κ2) is 8.74. The van der Waals surface area contributed by atoms with E-state index in [2.05, 4.69) is 27.2 Å². The van der Waals surface area contributed by atoms with Crippen molar-refractivity contribution >= 4 is 0 Å². The molecule has 148 valence electrons. The molecule has 1 saturated carbocycles. The van der Waals surface area contributed by atoms with Crippen LogP contribution in [0, 0.1) is 11.3 Å². The Morgan fingerprint density at radius 1 is 1.18 bits per heavy atom. The smallest absolute Gasteiger partial charge is 0.155 e. The number of nitrogens with one attached hydrogen (secondary N) is 1. The van der Waals surface area contributed by atoms with E-state index in [4.69, 9.17) is 9.72 Å². The summed E-state index contributed by atoms with van der Waals surface area (Å²) in [6.45, 7) is 2.88. The first-order chi connectivity index (χ1) is 13.8. The third-order valence-electron chi connectivity index (χ3n) is 6.17. The van der Waals surface area contributed by atoms with Gasteiger partial charge < -0.3 is 4.74 Å². The van der Waals surface area contributed by atoms with Crippen LogP contribution in [0.2, 0.25) is 0 Å². The summed E-state index contributed by atoms with van der Waals surface area (Å²) in [6, 6.07) is 8.11. The van der Waals surface area contributed by atoms with Gasteiger partial charge in [-0.2, -0.15) is 10.4 Å². The van der Waals surface area contributed by atoms with Crippen molar-refractivity contribution in [1.82, 2.24) is 20.1 Å². The van der Waals surface area contributed by atoms with Gasteiger partial charge in [-0.15, -0.1) is 0 Å². The third kappa shape index (κ3) is 4.20. The summed E-state index contributed by atoms with van der Waals surface area (Å²) in [5, 5.41) is 17.1. The Morgan fingerprint density at radius 2 is 2.00 bits per heavy atom. The molecule has 6 nitrogen and oxygen atoms in total. The number of nitriles is 1. The van der Waals surface area contributed by atoms with Gasteiger partial charge in [-0.1, -0.05) is 25.3 Å². The lowest BCUT2D eigenvalue weighted by molar-refractivity contribution is 0.196. The van der Waals surface area contributed by atoms with E-state index < -0.39 is 0 Å². The first-order valence-electron chi connectivity index (χ1n) is 10.5. The maximum atomic E-state index is 9.32. The topological polar surface area (TPSA) is 77.8 Å². The summed E-state index contributed by atoms with van der Waals surface area (Å²) in [7, 11) is 1.60. The van der Waals surface area contributed by atoms with E-state index in [-0.39, 0.29) is 0 Å². The molecule has 1 aliphatic carbocycles. The molecule has 1 saturated heterocycles. The fourth-order valence-corrected chi connectivity index (χ4v) is 4.64. The van der Waals surface area contributed by atoms with Gasteiger partial charge in [-0.3, -0.25) is 10.00 Å². The average molecular weight is 380 g/mol. The number of nitrogens with zero attached hydrogens (tertiary/aromatic N) is 4. The molecule has 2 fully saturated rings. The van der Waals surface area contributed by atoms with Crippen molar-refractivity contribution in [2.45, 2.75) is 63.3 Å². The van der Waals surface area contributed by atoms with E-state index in [0.29, 0.717) is 23.1 Å². The number of aromatic amines is 1. The number of methoxy groups -OCH3 is 1. The predicted molar refractivity (Wildman–Crippen MR) is 107 cm³/mol. The van der Waals surface area contributed by atoms with Gasteiger partial charge in [0.05, 0.1) is 12.7 Å². The lowest BCUT2D eigenvalue weighted by atomic mass is 9.89. The molecule has 2 aliphatic rings. The van der Waals surface area contributed by atoms with Crippen LogP contribution in [-0.2, 0) is 6.54 Å². The highest BCUT2D eigenvalue weighted by Gasteiger charge is 2.26. The molecule has 0 unspecified atom stereocenters. The summed E-state index contributed by atoms with van der Waals surface area (Å²) in [6.07, 6.45) is 8.75. The van der Waals surface area contributed by atoms with Crippen LogP contribution in [0.5, 0.6) is 5.75 Å². The van der Waals surface area contributed by atoms with Gasteiger partial charge in [0.1, 0.15) is 17.6 Å². The Kier molecular flexibility index (Phi) is 5.92. The number of H-pyrrole nitrogens is 1. The lowest BCUT2D eigenvalue weighted by Crippen LogP contribution is -2.34. The van der Waals surface area contributed by atoms with Gasteiger partial charge in [-0.25, -0.2) is 4.98 Å². The first kappa shape index (κ1) is 18.9. The molecule has 2 heterocycles. The van der Waals surface area contributed by atoms with Gasteiger partial charge in [0.25, 0.3) is 0 Å². The molecule has 6 heteroatoms. The normalized spacial score (nSPS) is 21.4. The molecule has 1 N–H and O–H groups in total. The molecule has 28 heavy (non-hydrogen) atoms. The highest BCUT2D eigenvalue weighted by Crippen LogP contribution is 2.32. The second-order valence-corrected chi connectivity index (χ2v) is 8.13. The fourth-order valence-electron chi connectivity index (χ4n) is 4.64. The number of piperidine rings is 1. The van der Waals surface area contributed by atoms with Gasteiger partial charge >= 0.3 is 0 Å². The molecule has 0 radical (unpaired) electrons. The van der Waals surface area contributed by atoms with Crippen LogP contribution >= 0.6 is 0 Å². The Balaban J connectivity index is 1.41. The van der Waals surface area contributed by atoms with E-state index >= 15 is 0 Å². The molecule has 1 atom stereocenters. The molecular weight excluding hydrogens is 350 g/mol. The number of hydrogen-bond acceptors (Lipinski definition) is 5. The molecule has 0 bridgehead atoms. The Morgan fingerprint density at radius 3 is 2.79 bits per heavy atom. The number of hydrogen-bond donors (Lipinski definition) is 1. The predicted octanol–water partition coefficient (Wildman–Crippen LogP) is 4.11. The summed E-state index contributed by atoms with van der Waals surface area (Å²) in [5.74, 6) is 3.67. The van der Waals surface area contributed by atoms with Crippen LogP contribution < -0.4 is 4.74 Å². The molecule has 1 aromatic carbocycles. The molecule has 1 aliphatic heterocycles. The molecule has 1 aromatic heterocycles. The summed E-state index contributed by atoms with van der Waals surface area (Å²) in [4.78, 5) is 7.35. The zero-order chi connectivity index (χ0) is 19.3. The largest absolute Gasteiger partial charge is 0.495 e. The Hall–Kier alpha value is -2.39. The van der Waals surface area contributed by atoms with E-state index in [1.54, 1.807) is 7.11 Å². The number of ether oxygens (including phenoxy) is 1. The number of rotatable bonds is 5. The van der Waals surface area contributed by atoms with Crippen LogP contribution in [0.3, 0.4) is 0 Å². The first-order valence-corrected chi connectivity index (χ1v) is 10.5. The van der Waals surface area contributed by atoms with Crippen LogP contribution in [0.1, 0.15) is 79.6 Å². The van der Waals surface area contributed by atoms with E-state index in [1.807, 2.05) is 12.1 Å². The van der Waals surface area contributed by atoms with Crippen molar-refractivity contribution in [1.29, 1.82) is 5.26 Å². The van der Waals surface area contributed by atoms with Gasteiger partial charge in [0.2, 0.25) is 0 Å². The molecule has 0 amide bonds. The third-order valence-corrected chi connectivity index (χ3v) is 6.17. The minimum Gasteiger partial charge on any atom is -0.495 e. The quantitative estimate of drug-likeness (QED) is 0.846. The molecule has 0 spiro atoms. The van der Waals surface area contributed by atoms with Crippen molar-refractivity contribution in [2.75, 3.05) is 20.2 Å². The van der Waals surface area contributed by atoms with Crippen molar-refractivity contribution in [3.05, 3.63) is 41.0 Å². The zero-order valence-electron chi connectivity index (χ0n) is 16.7. The Bertz CT molecular complexity index is 834. The van der Waals surface area contributed by atoms with Crippen LogP contribution in [0.25, 0.3) is 0 Å². The van der Waals surface area contributed by atoms with E-state index in [0.717, 1.165) is 49.7 Å². The maximum Gasteiger partial charge on any atom is 0.155 e. The summed E-state index contributed by atoms with van der Waals surface area (Å²) in [5.41, 5.74) is 1.75. The summed E-state index contributed by atoms with van der Waals surface area (Å²) < 4.78 is 5.25. The van der Waals surface area contributed by atoms with Gasteiger partial charge in [0.15, 0.2) is 5.82 Å². The minimum atomic E-state index is 0.385. The number of likely N-dealkylation sites (tertiary alicyclic amines) is 1. The number of aromatic nitrogens is 3. The fraction of sp³-hybridized carbons (Fsp3) is 0.591. The average Bonchev–Trinajstić information content (AvgIpc) is 3.25. The van der Waals surface area contributed by atoms with Crippen LogP contribution in [0.4, 0.5) is 0 Å². The molecule has 2 aromatic rings. The minimum absolute atomic E-state index is 0.385. The monoisotopic (exact) mass is 379 g/mol. The van der Waals surface area contributed by atoms with E-state index in [9.17, 15) is 5.26 Å². The lowest BCUT2D eigenvalue weighted by Gasteiger charge is -2.31. The highest BCUT2D eigenvalue weighted by atomic mass is 16.5. The zero-order valence-corrected chi connectivity index (χ0v) is 16.7. The molecular formula is C22H29N5O. The SMILES string of the molecule is COc1ccc(CN2CCC[C@@H](c3n[nH]c(C4CCCCC4)n3)C2)cc1C#N. The van der Waals surface area contributed by atoms with Crippen molar-refractivity contribution in [3.8, 4) is 11.8 Å². The summed E-state index contributed by atoms with van der Waals surface area (Å²) >= 11 is 0. The van der Waals surface area contributed by atoms with Crippen molar-refractivity contribution in [2.24, 2.45) is 0 Å². The highest BCUT2D eigenvalue weighted by molar-refractivity contribution is 5.45. The number of benzene rings is 1. The van der Waals surface area contributed by atoms with Crippen LogP contribution in [0.15, 0.2) is 18.2 Å². The Labute approximate surface area is 166 Å². The van der Waals surface area contributed by atoms with Crippen molar-refractivity contribution in [3.63, 3.8) is 0 Å². The van der Waals surface area contributed by atoms with Gasteiger partial charge in [0, 0.05) is 24.9 Å². The molecule has 4 rings (SSSR count).